The second kappa shape index (κ2) is 14.6. The zero-order valence-electron chi connectivity index (χ0n) is 30.2. The van der Waals surface area contributed by atoms with Gasteiger partial charge in [0.25, 0.3) is 0 Å². The van der Waals surface area contributed by atoms with Crippen LogP contribution in [0.1, 0.15) is 54.0 Å². The van der Waals surface area contributed by atoms with Gasteiger partial charge >= 0.3 is 12.6 Å². The largest absolute Gasteiger partial charge is 0.460 e. The first-order valence-corrected chi connectivity index (χ1v) is 18.2. The molecule has 54 heavy (non-hydrogen) atoms. The second-order valence-electron chi connectivity index (χ2n) is 14.3. The van der Waals surface area contributed by atoms with Crippen LogP contribution in [0.5, 0.6) is 5.75 Å². The van der Waals surface area contributed by atoms with Gasteiger partial charge in [-0.3, -0.25) is 9.69 Å². The molecule has 4 heterocycles. The van der Waals surface area contributed by atoms with E-state index in [4.69, 9.17) is 28.3 Å². The highest BCUT2D eigenvalue weighted by Crippen LogP contribution is 2.39. The van der Waals surface area contributed by atoms with Gasteiger partial charge in [0.2, 0.25) is 11.8 Å². The highest BCUT2D eigenvalue weighted by atomic mass is 19.3. The van der Waals surface area contributed by atoms with Crippen LogP contribution in [0, 0.1) is 31.1 Å². The normalized spacial score (nSPS) is 17.5. The molecule has 10 nitrogen and oxygen atoms in total. The van der Waals surface area contributed by atoms with Gasteiger partial charge in [0.1, 0.15) is 35.5 Å². The van der Waals surface area contributed by atoms with Gasteiger partial charge in [0.15, 0.2) is 11.2 Å². The van der Waals surface area contributed by atoms with Crippen LogP contribution < -0.4 is 10.1 Å². The van der Waals surface area contributed by atoms with Crippen molar-refractivity contribution in [2.75, 3.05) is 19.6 Å². The zero-order chi connectivity index (χ0) is 37.5. The molecule has 276 valence electrons. The fraction of sp³-hybridized carbons (Fsp3) is 0.333. The molecule has 8 rings (SSSR count). The maximum atomic E-state index is 13.4. The van der Waals surface area contributed by atoms with Crippen molar-refractivity contribution in [3.8, 4) is 45.9 Å². The molecule has 2 aliphatic rings. The fourth-order valence-corrected chi connectivity index (χ4v) is 7.69. The Labute approximate surface area is 310 Å². The summed E-state index contributed by atoms with van der Waals surface area (Å²) in [7, 11) is 0. The number of hydrogen-bond acceptors (Lipinski definition) is 10. The standard InChI is InChI=1S/C42H39F2N5O5/c1-23-12-14-49(20-23)21-26-15-27(19-45)38-35(16-26)48-40(54-38)32-10-5-8-30(25(32)3)29-7-4-9-31(24(29)2)39-47-34-17-28(22-51-41(50)33-11-6-13-46-33)36(53-42(43)44)18-37(34)52-39/h4-5,7-10,15-18,23,33,42,46H,6,11-14,20-22H2,1-3H3/t23?,33-/m0/s1. The maximum absolute atomic E-state index is 13.4. The van der Waals surface area contributed by atoms with Crippen LogP contribution in [0.2, 0.25) is 0 Å². The Morgan fingerprint density at radius 1 is 0.981 bits per heavy atom. The number of nitrogens with zero attached hydrogens (tertiary/aromatic N) is 4. The maximum Gasteiger partial charge on any atom is 0.387 e. The number of likely N-dealkylation sites (tertiary alicyclic amines) is 1. The first-order valence-electron chi connectivity index (χ1n) is 18.2. The van der Waals surface area contributed by atoms with E-state index in [0.29, 0.717) is 51.9 Å². The minimum absolute atomic E-state index is 0.149. The smallest absolute Gasteiger partial charge is 0.387 e. The Balaban J connectivity index is 1.10. The Morgan fingerprint density at radius 2 is 1.69 bits per heavy atom. The SMILES string of the molecule is Cc1c(-c2nc3cc(COC(=O)[C@@H]4CCCN4)c(OC(F)F)cc3o2)cccc1-c1cccc(-c2nc3cc(CN4CCC(C)C4)cc(C#N)c3o2)c1C. The van der Waals surface area contributed by atoms with E-state index in [9.17, 15) is 18.8 Å². The summed E-state index contributed by atoms with van der Waals surface area (Å²) >= 11 is 0. The van der Waals surface area contributed by atoms with Crippen molar-refractivity contribution < 1.29 is 31.9 Å². The van der Waals surface area contributed by atoms with E-state index in [1.54, 1.807) is 6.07 Å². The lowest BCUT2D eigenvalue weighted by Crippen LogP contribution is -2.32. The molecule has 2 saturated heterocycles. The number of halogens is 2. The number of hydrogen-bond donors (Lipinski definition) is 1. The fourth-order valence-electron chi connectivity index (χ4n) is 7.69. The number of ether oxygens (including phenoxy) is 2. The van der Waals surface area contributed by atoms with Crippen molar-refractivity contribution in [1.82, 2.24) is 20.2 Å². The Hall–Kier alpha value is -5.64. The Bertz CT molecular complexity index is 2430. The van der Waals surface area contributed by atoms with Gasteiger partial charge in [-0.1, -0.05) is 31.2 Å². The molecule has 2 fully saturated rings. The second-order valence-corrected chi connectivity index (χ2v) is 14.3. The summed E-state index contributed by atoms with van der Waals surface area (Å²) in [5, 5.41) is 13.1. The number of nitriles is 1. The topological polar surface area (TPSA) is 127 Å². The van der Waals surface area contributed by atoms with Crippen LogP contribution in [-0.2, 0) is 22.7 Å². The molecule has 0 radical (unpaired) electrons. The predicted molar refractivity (Wildman–Crippen MR) is 199 cm³/mol. The molecular weight excluding hydrogens is 692 g/mol. The minimum Gasteiger partial charge on any atom is -0.460 e. The Morgan fingerprint density at radius 3 is 2.33 bits per heavy atom. The summed E-state index contributed by atoms with van der Waals surface area (Å²) in [4.78, 5) is 24.5. The highest BCUT2D eigenvalue weighted by Gasteiger charge is 2.26. The highest BCUT2D eigenvalue weighted by molar-refractivity contribution is 5.86. The number of aromatic nitrogens is 2. The summed E-state index contributed by atoms with van der Waals surface area (Å²) < 4.78 is 49.5. The van der Waals surface area contributed by atoms with Gasteiger partial charge in [0.05, 0.1) is 5.56 Å². The molecule has 2 aromatic heterocycles. The van der Waals surface area contributed by atoms with Gasteiger partial charge in [-0.15, -0.1) is 0 Å². The first kappa shape index (κ1) is 35.4. The van der Waals surface area contributed by atoms with Gasteiger partial charge in [-0.05, 0) is 110 Å². The third kappa shape index (κ3) is 6.93. The molecule has 4 aromatic carbocycles. The molecule has 0 aliphatic carbocycles. The summed E-state index contributed by atoms with van der Waals surface area (Å²) in [6, 6.07) is 20.5. The number of esters is 1. The number of oxazole rings is 2. The molecule has 0 spiro atoms. The molecule has 0 saturated carbocycles. The lowest BCUT2D eigenvalue weighted by atomic mass is 9.91. The summed E-state index contributed by atoms with van der Waals surface area (Å²) in [6.45, 7) is 6.48. The molecule has 12 heteroatoms. The number of rotatable bonds is 10. The molecule has 1 N–H and O–H groups in total. The quantitative estimate of drug-likeness (QED) is 0.137. The van der Waals surface area contributed by atoms with E-state index in [2.05, 4.69) is 23.2 Å². The minimum atomic E-state index is -3.09. The van der Waals surface area contributed by atoms with Gasteiger partial charge < -0.3 is 23.6 Å². The van der Waals surface area contributed by atoms with Gasteiger partial charge in [-0.25, -0.2) is 9.97 Å². The number of benzene rings is 4. The van der Waals surface area contributed by atoms with E-state index in [-0.39, 0.29) is 23.5 Å². The number of alkyl halides is 2. The first-order chi connectivity index (χ1) is 26.1. The summed E-state index contributed by atoms with van der Waals surface area (Å²) in [5.74, 6) is 0.806. The van der Waals surface area contributed by atoms with Gasteiger partial charge in [-0.2, -0.15) is 14.0 Å². The van der Waals surface area contributed by atoms with Crippen molar-refractivity contribution in [3.05, 3.63) is 88.5 Å². The van der Waals surface area contributed by atoms with Crippen molar-refractivity contribution in [3.63, 3.8) is 0 Å². The molecule has 1 unspecified atom stereocenters. The molecule has 2 atom stereocenters. The number of carbonyl (C=O) groups excluding carboxylic acids is 1. The zero-order valence-corrected chi connectivity index (χ0v) is 30.2. The van der Waals surface area contributed by atoms with Crippen molar-refractivity contribution in [2.24, 2.45) is 5.92 Å². The van der Waals surface area contributed by atoms with E-state index in [0.717, 1.165) is 66.0 Å². The Kier molecular flexibility index (Phi) is 9.60. The molecular formula is C42H39F2N5O5. The van der Waals surface area contributed by atoms with Crippen LogP contribution in [-0.4, -0.2) is 53.1 Å². The third-order valence-corrected chi connectivity index (χ3v) is 10.5. The molecule has 2 aliphatic heterocycles. The van der Waals surface area contributed by atoms with Crippen LogP contribution >= 0.6 is 0 Å². The summed E-state index contributed by atoms with van der Waals surface area (Å²) in [5.41, 5.74) is 8.76. The molecule has 0 bridgehead atoms. The average Bonchev–Trinajstić information content (AvgIpc) is 3.98. The van der Waals surface area contributed by atoms with Gasteiger partial charge in [0, 0.05) is 35.8 Å². The van der Waals surface area contributed by atoms with Crippen molar-refractivity contribution in [2.45, 2.75) is 65.8 Å². The van der Waals surface area contributed by atoms with E-state index in [1.807, 2.05) is 62.4 Å². The summed E-state index contributed by atoms with van der Waals surface area (Å²) in [6.07, 6.45) is 2.70. The van der Waals surface area contributed by atoms with E-state index >= 15 is 0 Å². The lowest BCUT2D eigenvalue weighted by molar-refractivity contribution is -0.147. The number of nitrogens with one attached hydrogen (secondary N) is 1. The predicted octanol–water partition coefficient (Wildman–Crippen LogP) is 8.70. The van der Waals surface area contributed by atoms with E-state index < -0.39 is 18.6 Å². The monoisotopic (exact) mass is 731 g/mol. The van der Waals surface area contributed by atoms with Crippen molar-refractivity contribution in [1.29, 1.82) is 5.26 Å². The van der Waals surface area contributed by atoms with Crippen LogP contribution in [0.15, 0.2) is 69.5 Å². The molecule has 0 amide bonds. The number of fused-ring (bicyclic) bond motifs is 2. The third-order valence-electron chi connectivity index (χ3n) is 10.5. The molecule has 6 aromatic rings. The number of carbonyl (C=O) groups is 1. The van der Waals surface area contributed by atoms with Crippen LogP contribution in [0.25, 0.3) is 56.2 Å². The lowest BCUT2D eigenvalue weighted by Gasteiger charge is -2.15. The van der Waals surface area contributed by atoms with E-state index in [1.165, 1.54) is 12.5 Å². The average molecular weight is 732 g/mol. The van der Waals surface area contributed by atoms with Crippen LogP contribution in [0.3, 0.4) is 0 Å². The van der Waals surface area contributed by atoms with Crippen molar-refractivity contribution >= 4 is 28.2 Å². The van der Waals surface area contributed by atoms with Crippen LogP contribution in [0.4, 0.5) is 8.78 Å².